The molecule has 1 aromatic heterocycles. The van der Waals surface area contributed by atoms with Gasteiger partial charge in [-0.2, -0.15) is 4.98 Å². The van der Waals surface area contributed by atoms with Crippen molar-refractivity contribution in [2.24, 2.45) is 0 Å². The quantitative estimate of drug-likeness (QED) is 0.298. The van der Waals surface area contributed by atoms with E-state index >= 15 is 0 Å². The van der Waals surface area contributed by atoms with Crippen molar-refractivity contribution in [1.29, 1.82) is 0 Å². The van der Waals surface area contributed by atoms with Crippen LogP contribution in [0.3, 0.4) is 0 Å². The van der Waals surface area contributed by atoms with Gasteiger partial charge in [-0.3, -0.25) is 0 Å². The van der Waals surface area contributed by atoms with Gasteiger partial charge in [0.2, 0.25) is 5.88 Å². The normalized spacial score (nSPS) is 10.7. The summed E-state index contributed by atoms with van der Waals surface area (Å²) in [6.07, 6.45) is 0. The molecular weight excluding hydrogens is 380 g/mol. The van der Waals surface area contributed by atoms with Crippen molar-refractivity contribution in [3.05, 3.63) is 121 Å². The molecule has 0 N–H and O–H groups in total. The lowest BCUT2D eigenvalue weighted by atomic mass is 10.0. The van der Waals surface area contributed by atoms with E-state index < -0.39 is 0 Å². The van der Waals surface area contributed by atoms with Crippen molar-refractivity contribution in [3.8, 4) is 28.4 Å². The van der Waals surface area contributed by atoms with Gasteiger partial charge in [0, 0.05) is 11.1 Å². The van der Waals surface area contributed by atoms with E-state index in [1.807, 2.05) is 84.9 Å². The molecule has 0 unspecified atom stereocenters. The molecule has 5 aromatic rings. The number of nitrogens with zero attached hydrogens (tertiary/aromatic N) is 2. The van der Waals surface area contributed by atoms with E-state index in [4.69, 9.17) is 14.7 Å². The first-order chi connectivity index (χ1) is 15.3. The molecule has 3 heteroatoms. The maximum Gasteiger partial charge on any atom is 0.230 e. The fourth-order valence-electron chi connectivity index (χ4n) is 3.50. The van der Waals surface area contributed by atoms with Crippen molar-refractivity contribution in [3.63, 3.8) is 0 Å². The van der Waals surface area contributed by atoms with Gasteiger partial charge in [-0.1, -0.05) is 104 Å². The zero-order valence-corrected chi connectivity index (χ0v) is 16.9. The zero-order valence-electron chi connectivity index (χ0n) is 16.9. The summed E-state index contributed by atoms with van der Waals surface area (Å²) in [5.74, 6) is 1.67. The largest absolute Gasteiger partial charge is 0.438 e. The second kappa shape index (κ2) is 8.25. The molecule has 0 atom stereocenters. The Hall–Kier alpha value is -4.24. The number of hydrogen-bond donors (Lipinski definition) is 0. The van der Waals surface area contributed by atoms with E-state index in [0.29, 0.717) is 17.5 Å². The van der Waals surface area contributed by atoms with Crippen LogP contribution in [-0.2, 0) is 0 Å². The predicted octanol–water partition coefficient (Wildman–Crippen LogP) is 7.01. The molecule has 0 radical (unpaired) electrons. The standard InChI is InChI=1S/C28H20N2O/c1-20(21-16-18-23(19-17-21)22-10-4-2-5-11-22)31-28-25-14-8-9-15-26(25)29-27(30-28)24-12-6-3-7-13-24/h2-19H,1H2. The van der Waals surface area contributed by atoms with Crippen LogP contribution in [0.25, 0.3) is 39.2 Å². The summed E-state index contributed by atoms with van der Waals surface area (Å²) >= 11 is 0. The highest BCUT2D eigenvalue weighted by molar-refractivity contribution is 5.86. The maximum atomic E-state index is 6.18. The smallest absolute Gasteiger partial charge is 0.230 e. The number of benzene rings is 4. The minimum Gasteiger partial charge on any atom is -0.438 e. The number of fused-ring (bicyclic) bond motifs is 1. The van der Waals surface area contributed by atoms with Crippen molar-refractivity contribution >= 4 is 16.7 Å². The lowest BCUT2D eigenvalue weighted by Crippen LogP contribution is -1.99. The van der Waals surface area contributed by atoms with E-state index in [-0.39, 0.29) is 0 Å². The summed E-state index contributed by atoms with van der Waals surface area (Å²) in [6.45, 7) is 4.15. The summed E-state index contributed by atoms with van der Waals surface area (Å²) in [5.41, 5.74) is 5.00. The predicted molar refractivity (Wildman–Crippen MR) is 127 cm³/mol. The molecule has 148 valence electrons. The molecule has 0 fully saturated rings. The first-order valence-electron chi connectivity index (χ1n) is 10.1. The van der Waals surface area contributed by atoms with Crippen LogP contribution in [0.2, 0.25) is 0 Å². The third-order valence-corrected chi connectivity index (χ3v) is 5.13. The second-order valence-corrected chi connectivity index (χ2v) is 7.20. The molecule has 0 bridgehead atoms. The molecule has 1 heterocycles. The van der Waals surface area contributed by atoms with E-state index in [1.165, 1.54) is 5.56 Å². The monoisotopic (exact) mass is 400 g/mol. The van der Waals surface area contributed by atoms with Gasteiger partial charge in [-0.05, 0) is 23.3 Å². The van der Waals surface area contributed by atoms with Crippen molar-refractivity contribution < 1.29 is 4.74 Å². The topological polar surface area (TPSA) is 35.0 Å². The lowest BCUT2D eigenvalue weighted by Gasteiger charge is -2.12. The Labute approximate surface area is 181 Å². The molecule has 3 nitrogen and oxygen atoms in total. The second-order valence-electron chi connectivity index (χ2n) is 7.20. The number of aromatic nitrogens is 2. The van der Waals surface area contributed by atoms with Gasteiger partial charge in [0.15, 0.2) is 5.82 Å². The van der Waals surface area contributed by atoms with Crippen LogP contribution < -0.4 is 4.74 Å². The highest BCUT2D eigenvalue weighted by atomic mass is 16.5. The summed E-state index contributed by atoms with van der Waals surface area (Å²) < 4.78 is 6.18. The third-order valence-electron chi connectivity index (χ3n) is 5.13. The van der Waals surface area contributed by atoms with Gasteiger partial charge in [0.05, 0.1) is 10.9 Å². The van der Waals surface area contributed by atoms with Gasteiger partial charge in [-0.25, -0.2) is 4.98 Å². The SMILES string of the molecule is C=C(Oc1nc(-c2ccccc2)nc2ccccc12)c1ccc(-c2ccccc2)cc1. The van der Waals surface area contributed by atoms with Crippen molar-refractivity contribution in [2.75, 3.05) is 0 Å². The van der Waals surface area contributed by atoms with Gasteiger partial charge < -0.3 is 4.74 Å². The number of ether oxygens (including phenoxy) is 1. The summed E-state index contributed by atoms with van der Waals surface area (Å²) in [6, 6.07) is 36.2. The van der Waals surface area contributed by atoms with Gasteiger partial charge in [-0.15, -0.1) is 0 Å². The third kappa shape index (κ3) is 3.94. The Morgan fingerprint density at radius 3 is 1.87 bits per heavy atom. The van der Waals surface area contributed by atoms with Crippen LogP contribution in [0.4, 0.5) is 0 Å². The molecule has 31 heavy (non-hydrogen) atoms. The molecule has 5 rings (SSSR count). The Morgan fingerprint density at radius 2 is 1.16 bits per heavy atom. The Morgan fingerprint density at radius 1 is 0.581 bits per heavy atom. The fraction of sp³-hybridized carbons (Fsp3) is 0. The number of rotatable bonds is 5. The van der Waals surface area contributed by atoms with Gasteiger partial charge in [0.25, 0.3) is 0 Å². The van der Waals surface area contributed by atoms with Crippen LogP contribution in [0.5, 0.6) is 5.88 Å². The molecule has 0 saturated heterocycles. The van der Waals surface area contributed by atoms with E-state index in [0.717, 1.165) is 27.6 Å². The molecule has 0 amide bonds. The molecule has 4 aromatic carbocycles. The molecule has 0 saturated carbocycles. The molecule has 0 spiro atoms. The van der Waals surface area contributed by atoms with Gasteiger partial charge in [0.1, 0.15) is 5.76 Å². The van der Waals surface area contributed by atoms with Crippen LogP contribution in [0, 0.1) is 0 Å². The van der Waals surface area contributed by atoms with E-state index in [1.54, 1.807) is 0 Å². The molecule has 0 aliphatic rings. The minimum absolute atomic E-state index is 0.501. The molecular formula is C28H20N2O. The Balaban J connectivity index is 1.48. The number of hydrogen-bond acceptors (Lipinski definition) is 3. The highest BCUT2D eigenvalue weighted by Crippen LogP contribution is 2.30. The zero-order chi connectivity index (χ0) is 21.0. The fourth-order valence-corrected chi connectivity index (χ4v) is 3.50. The summed E-state index contributed by atoms with van der Waals surface area (Å²) in [5, 5.41) is 0.851. The maximum absolute atomic E-state index is 6.18. The van der Waals surface area contributed by atoms with Crippen LogP contribution in [-0.4, -0.2) is 9.97 Å². The van der Waals surface area contributed by atoms with Crippen LogP contribution in [0.15, 0.2) is 116 Å². The first kappa shape index (κ1) is 18.8. The van der Waals surface area contributed by atoms with E-state index in [9.17, 15) is 0 Å². The minimum atomic E-state index is 0.501. The lowest BCUT2D eigenvalue weighted by molar-refractivity contribution is 0.501. The Bertz CT molecular complexity index is 1340. The first-order valence-corrected chi connectivity index (χ1v) is 10.1. The summed E-state index contributed by atoms with van der Waals surface area (Å²) in [4.78, 5) is 9.42. The van der Waals surface area contributed by atoms with Crippen LogP contribution in [0.1, 0.15) is 5.56 Å². The van der Waals surface area contributed by atoms with Crippen LogP contribution >= 0.6 is 0 Å². The molecule has 0 aliphatic carbocycles. The average molecular weight is 400 g/mol. The highest BCUT2D eigenvalue weighted by Gasteiger charge is 2.12. The Kier molecular flexibility index (Phi) is 4.99. The number of para-hydroxylation sites is 1. The average Bonchev–Trinajstić information content (AvgIpc) is 2.85. The van der Waals surface area contributed by atoms with Gasteiger partial charge >= 0.3 is 0 Å². The van der Waals surface area contributed by atoms with Crippen molar-refractivity contribution in [1.82, 2.24) is 9.97 Å². The molecule has 0 aliphatic heterocycles. The summed E-state index contributed by atoms with van der Waals surface area (Å²) in [7, 11) is 0. The van der Waals surface area contributed by atoms with Crippen molar-refractivity contribution in [2.45, 2.75) is 0 Å². The van der Waals surface area contributed by atoms with E-state index in [2.05, 4.69) is 30.8 Å².